The number of hydrogen-bond donors (Lipinski definition) is 1. The maximum absolute atomic E-state index is 4.15. The molecule has 0 fully saturated rings. The minimum absolute atomic E-state index is 0.289. The van der Waals surface area contributed by atoms with Gasteiger partial charge in [-0.1, -0.05) is 34.1 Å². The van der Waals surface area contributed by atoms with Crippen LogP contribution in [0.25, 0.3) is 0 Å². The van der Waals surface area contributed by atoms with Gasteiger partial charge in [-0.15, -0.1) is 0 Å². The zero-order valence-corrected chi connectivity index (χ0v) is 12.2. The highest BCUT2D eigenvalue weighted by Crippen LogP contribution is 2.20. The molecule has 1 aromatic carbocycles. The van der Waals surface area contributed by atoms with Gasteiger partial charge in [0.15, 0.2) is 0 Å². The first kappa shape index (κ1) is 13.2. The van der Waals surface area contributed by atoms with Crippen LogP contribution in [-0.2, 0) is 0 Å². The van der Waals surface area contributed by atoms with Crippen molar-refractivity contribution in [2.24, 2.45) is 0 Å². The van der Waals surface area contributed by atoms with E-state index in [-0.39, 0.29) is 6.04 Å². The number of hydrogen-bond acceptors (Lipinski definition) is 2. The molecule has 18 heavy (non-hydrogen) atoms. The van der Waals surface area contributed by atoms with E-state index in [1.807, 2.05) is 12.3 Å². The molecule has 0 saturated heterocycles. The van der Waals surface area contributed by atoms with Gasteiger partial charge in [0.05, 0.1) is 0 Å². The van der Waals surface area contributed by atoms with E-state index in [9.17, 15) is 0 Å². The van der Waals surface area contributed by atoms with Crippen molar-refractivity contribution >= 4 is 15.9 Å². The summed E-state index contributed by atoms with van der Waals surface area (Å²) in [6, 6.07) is 13.1. The molecule has 3 heteroatoms. The Hall–Kier alpha value is -1.19. The number of nitrogens with zero attached hydrogens (tertiary/aromatic N) is 1. The van der Waals surface area contributed by atoms with Crippen molar-refractivity contribution in [2.75, 3.05) is 0 Å². The molecular formula is C15H17BrN2. The molecule has 0 spiro atoms. The molecule has 0 aliphatic carbocycles. The Balaban J connectivity index is 2.03. The van der Waals surface area contributed by atoms with Gasteiger partial charge in [0.2, 0.25) is 0 Å². The molecule has 1 unspecified atom stereocenters. The zero-order chi connectivity index (χ0) is 13.0. The van der Waals surface area contributed by atoms with Crippen molar-refractivity contribution < 1.29 is 0 Å². The SMILES string of the molecule is CC(N[C@@H](C)c1cccnc1)c1ccc(Br)cc1. The first-order chi connectivity index (χ1) is 8.66. The highest BCUT2D eigenvalue weighted by Gasteiger charge is 2.10. The van der Waals surface area contributed by atoms with Crippen LogP contribution >= 0.6 is 15.9 Å². The number of pyridine rings is 1. The predicted octanol–water partition coefficient (Wildman–Crippen LogP) is 4.26. The lowest BCUT2D eigenvalue weighted by Gasteiger charge is -2.20. The van der Waals surface area contributed by atoms with E-state index in [0.29, 0.717) is 6.04 Å². The lowest BCUT2D eigenvalue weighted by molar-refractivity contribution is 0.493. The maximum atomic E-state index is 4.15. The summed E-state index contributed by atoms with van der Waals surface area (Å²) in [6.07, 6.45) is 3.71. The second-order valence-corrected chi connectivity index (χ2v) is 5.36. The van der Waals surface area contributed by atoms with Gasteiger partial charge in [-0.2, -0.15) is 0 Å². The smallest absolute Gasteiger partial charge is 0.0315 e. The van der Waals surface area contributed by atoms with Crippen LogP contribution in [0.1, 0.15) is 37.1 Å². The van der Waals surface area contributed by atoms with Gasteiger partial charge >= 0.3 is 0 Å². The van der Waals surface area contributed by atoms with Crippen molar-refractivity contribution in [3.8, 4) is 0 Å². The molecule has 0 amide bonds. The van der Waals surface area contributed by atoms with E-state index < -0.39 is 0 Å². The van der Waals surface area contributed by atoms with Gasteiger partial charge < -0.3 is 5.32 Å². The van der Waals surface area contributed by atoms with Crippen LogP contribution in [0.2, 0.25) is 0 Å². The number of benzene rings is 1. The lowest BCUT2D eigenvalue weighted by atomic mass is 10.1. The van der Waals surface area contributed by atoms with Crippen LogP contribution in [0, 0.1) is 0 Å². The van der Waals surface area contributed by atoms with Crippen LogP contribution in [-0.4, -0.2) is 4.98 Å². The fourth-order valence-electron chi connectivity index (χ4n) is 1.95. The third kappa shape index (κ3) is 3.40. The molecule has 2 nitrogen and oxygen atoms in total. The van der Waals surface area contributed by atoms with E-state index >= 15 is 0 Å². The Morgan fingerprint density at radius 3 is 2.28 bits per heavy atom. The quantitative estimate of drug-likeness (QED) is 0.913. The van der Waals surface area contributed by atoms with Crippen molar-refractivity contribution in [3.63, 3.8) is 0 Å². The number of halogens is 1. The summed E-state index contributed by atoms with van der Waals surface area (Å²) in [5, 5.41) is 3.58. The monoisotopic (exact) mass is 304 g/mol. The molecule has 0 aliphatic rings. The van der Waals surface area contributed by atoms with Gasteiger partial charge in [-0.3, -0.25) is 4.98 Å². The summed E-state index contributed by atoms with van der Waals surface area (Å²) in [4.78, 5) is 4.15. The lowest BCUT2D eigenvalue weighted by Crippen LogP contribution is -2.22. The summed E-state index contributed by atoms with van der Waals surface area (Å²) in [5.74, 6) is 0. The van der Waals surface area contributed by atoms with Gasteiger partial charge in [-0.05, 0) is 43.2 Å². The molecule has 2 rings (SSSR count). The minimum Gasteiger partial charge on any atom is -0.304 e. The normalized spacial score (nSPS) is 14.2. The molecule has 94 valence electrons. The van der Waals surface area contributed by atoms with Crippen molar-refractivity contribution in [2.45, 2.75) is 25.9 Å². The Morgan fingerprint density at radius 1 is 1.00 bits per heavy atom. The van der Waals surface area contributed by atoms with Gasteiger partial charge in [0, 0.05) is 29.0 Å². The zero-order valence-electron chi connectivity index (χ0n) is 10.6. The van der Waals surface area contributed by atoms with E-state index in [1.54, 1.807) is 6.20 Å². The molecule has 1 heterocycles. The van der Waals surface area contributed by atoms with Crippen LogP contribution in [0.3, 0.4) is 0 Å². The third-order valence-corrected chi connectivity index (χ3v) is 3.58. The standard InChI is InChI=1S/C15H17BrN2/c1-11(13-5-7-15(16)8-6-13)18-12(2)14-4-3-9-17-10-14/h3-12,18H,1-2H3/t11?,12-/m0/s1. The van der Waals surface area contributed by atoms with Crippen LogP contribution in [0.4, 0.5) is 0 Å². The summed E-state index contributed by atoms with van der Waals surface area (Å²) in [5.41, 5.74) is 2.50. The average Bonchev–Trinajstić information content (AvgIpc) is 2.40. The Morgan fingerprint density at radius 2 is 1.67 bits per heavy atom. The number of aromatic nitrogens is 1. The van der Waals surface area contributed by atoms with E-state index in [4.69, 9.17) is 0 Å². The molecule has 0 radical (unpaired) electrons. The van der Waals surface area contributed by atoms with Gasteiger partial charge in [0.25, 0.3) is 0 Å². The summed E-state index contributed by atoms with van der Waals surface area (Å²) in [7, 11) is 0. The highest BCUT2D eigenvalue weighted by molar-refractivity contribution is 9.10. The van der Waals surface area contributed by atoms with Crippen LogP contribution in [0.5, 0.6) is 0 Å². The molecule has 2 aromatic rings. The average molecular weight is 305 g/mol. The number of nitrogens with one attached hydrogen (secondary N) is 1. The molecule has 0 aliphatic heterocycles. The minimum atomic E-state index is 0.289. The third-order valence-electron chi connectivity index (χ3n) is 3.05. The van der Waals surface area contributed by atoms with Crippen LogP contribution in [0.15, 0.2) is 53.3 Å². The molecule has 1 aromatic heterocycles. The fraction of sp³-hybridized carbons (Fsp3) is 0.267. The van der Waals surface area contributed by atoms with E-state index in [2.05, 4.69) is 70.4 Å². The highest BCUT2D eigenvalue weighted by atomic mass is 79.9. The molecular weight excluding hydrogens is 288 g/mol. The van der Waals surface area contributed by atoms with Crippen molar-refractivity contribution in [1.82, 2.24) is 10.3 Å². The van der Waals surface area contributed by atoms with Gasteiger partial charge in [-0.25, -0.2) is 0 Å². The molecule has 2 atom stereocenters. The fourth-order valence-corrected chi connectivity index (χ4v) is 2.22. The van der Waals surface area contributed by atoms with Crippen molar-refractivity contribution in [1.29, 1.82) is 0 Å². The summed E-state index contributed by atoms with van der Waals surface area (Å²) in [6.45, 7) is 4.34. The van der Waals surface area contributed by atoms with Gasteiger partial charge in [0.1, 0.15) is 0 Å². The Kier molecular flexibility index (Phi) is 4.50. The first-order valence-corrected chi connectivity index (χ1v) is 6.87. The Bertz CT molecular complexity index is 482. The summed E-state index contributed by atoms with van der Waals surface area (Å²) < 4.78 is 1.11. The van der Waals surface area contributed by atoms with E-state index in [1.165, 1.54) is 11.1 Å². The topological polar surface area (TPSA) is 24.9 Å². The van der Waals surface area contributed by atoms with Crippen LogP contribution < -0.4 is 5.32 Å². The second-order valence-electron chi connectivity index (χ2n) is 4.45. The molecule has 1 N–H and O–H groups in total. The molecule has 0 bridgehead atoms. The van der Waals surface area contributed by atoms with Crippen molar-refractivity contribution in [3.05, 3.63) is 64.4 Å². The predicted molar refractivity (Wildman–Crippen MR) is 78.3 cm³/mol. The van der Waals surface area contributed by atoms with E-state index in [0.717, 1.165) is 4.47 Å². The largest absolute Gasteiger partial charge is 0.304 e. The number of rotatable bonds is 4. The molecule has 0 saturated carbocycles. The summed E-state index contributed by atoms with van der Waals surface area (Å²) >= 11 is 3.45. The first-order valence-electron chi connectivity index (χ1n) is 6.08. The maximum Gasteiger partial charge on any atom is 0.0315 e. The second kappa shape index (κ2) is 6.12. The Labute approximate surface area is 117 Å².